The van der Waals surface area contributed by atoms with Crippen LogP contribution in [0.4, 0.5) is 0 Å². The lowest BCUT2D eigenvalue weighted by Gasteiger charge is -2.43. The summed E-state index contributed by atoms with van der Waals surface area (Å²) in [7, 11) is 0. The van der Waals surface area contributed by atoms with Crippen LogP contribution in [0.25, 0.3) is 43.1 Å². The summed E-state index contributed by atoms with van der Waals surface area (Å²) in [6.45, 7) is 3.50. The minimum atomic E-state index is -1.96. The second-order valence-corrected chi connectivity index (χ2v) is 15.0. The summed E-state index contributed by atoms with van der Waals surface area (Å²) in [5.74, 6) is -0.839. The number of hydrogen-bond acceptors (Lipinski definition) is 8. The lowest BCUT2D eigenvalue weighted by Crippen LogP contribution is -2.55. The second kappa shape index (κ2) is 12.4. The minimum absolute atomic E-state index is 0.115. The van der Waals surface area contributed by atoms with Crippen molar-refractivity contribution in [3.05, 3.63) is 168 Å². The molecule has 8 nitrogen and oxygen atoms in total. The quantitative estimate of drug-likeness (QED) is 0.0998. The molecule has 0 saturated carbocycles. The molecule has 0 bridgehead atoms. The highest BCUT2D eigenvalue weighted by Gasteiger charge is 2.61. The molecule has 55 heavy (non-hydrogen) atoms. The van der Waals surface area contributed by atoms with Crippen molar-refractivity contribution >= 4 is 43.1 Å². The highest BCUT2D eigenvalue weighted by Crippen LogP contribution is 2.51. The zero-order valence-electron chi connectivity index (χ0n) is 30.0. The summed E-state index contributed by atoms with van der Waals surface area (Å²) in [5, 5.41) is 74.4. The normalized spacial score (nSPS) is 17.4. The molecule has 1 aliphatic heterocycles. The Balaban J connectivity index is 1.32. The zero-order chi connectivity index (χ0) is 38.3. The monoisotopic (exact) mass is 730 g/mol. The number of benzene rings is 8. The van der Waals surface area contributed by atoms with Crippen LogP contribution in [0.3, 0.4) is 0 Å². The van der Waals surface area contributed by atoms with E-state index in [1.807, 2.05) is 48.5 Å². The van der Waals surface area contributed by atoms with Crippen LogP contribution >= 0.6 is 0 Å². The summed E-state index contributed by atoms with van der Waals surface area (Å²) < 4.78 is 13.6. The van der Waals surface area contributed by atoms with Gasteiger partial charge in [-0.15, -0.1) is 0 Å². The largest absolute Gasteiger partial charge is 0.508 e. The predicted molar refractivity (Wildman–Crippen MR) is 212 cm³/mol. The Kier molecular flexibility index (Phi) is 7.83. The molecule has 0 aliphatic carbocycles. The van der Waals surface area contributed by atoms with Crippen molar-refractivity contribution < 1.29 is 40.1 Å². The van der Waals surface area contributed by atoms with E-state index < -0.39 is 29.2 Å². The maximum Gasteiger partial charge on any atom is 0.164 e. The molecule has 0 aromatic heterocycles. The topological polar surface area (TPSA) is 140 Å². The molecular weight excluding hydrogens is 693 g/mol. The third kappa shape index (κ3) is 5.78. The van der Waals surface area contributed by atoms with Crippen molar-refractivity contribution in [2.45, 2.75) is 43.0 Å². The van der Waals surface area contributed by atoms with Crippen molar-refractivity contribution in [3.8, 4) is 23.0 Å². The van der Waals surface area contributed by atoms with Crippen LogP contribution in [0.15, 0.2) is 146 Å². The van der Waals surface area contributed by atoms with Crippen molar-refractivity contribution in [1.29, 1.82) is 0 Å². The molecule has 1 saturated heterocycles. The number of aliphatic hydroxyl groups is 2. The molecule has 8 aromatic rings. The zero-order valence-corrected chi connectivity index (χ0v) is 30.0. The van der Waals surface area contributed by atoms with Gasteiger partial charge in [-0.05, 0) is 152 Å². The van der Waals surface area contributed by atoms with Gasteiger partial charge >= 0.3 is 0 Å². The molecule has 0 unspecified atom stereocenters. The summed E-state index contributed by atoms with van der Waals surface area (Å²) in [5.41, 5.74) is -2.07. The lowest BCUT2D eigenvalue weighted by atomic mass is 9.71. The number of ether oxygens (including phenoxy) is 2. The van der Waals surface area contributed by atoms with Gasteiger partial charge in [0.25, 0.3) is 0 Å². The molecule has 8 heteroatoms. The van der Waals surface area contributed by atoms with Crippen LogP contribution in [-0.4, -0.2) is 48.6 Å². The fourth-order valence-electron chi connectivity index (χ4n) is 8.24. The number of aromatic hydroxyl groups is 4. The van der Waals surface area contributed by atoms with Gasteiger partial charge in [0.1, 0.15) is 46.4 Å². The third-order valence-electron chi connectivity index (χ3n) is 11.0. The van der Waals surface area contributed by atoms with Crippen LogP contribution < -0.4 is 0 Å². The fraction of sp³-hybridized carbons (Fsp3) is 0.149. The number of hydrogen-bond donors (Lipinski definition) is 6. The van der Waals surface area contributed by atoms with Gasteiger partial charge in [0, 0.05) is 0 Å². The molecule has 0 amide bonds. The van der Waals surface area contributed by atoms with E-state index in [2.05, 4.69) is 0 Å². The molecule has 0 radical (unpaired) electrons. The Morgan fingerprint density at radius 2 is 0.582 bits per heavy atom. The molecule has 0 spiro atoms. The summed E-state index contributed by atoms with van der Waals surface area (Å²) in [4.78, 5) is 0. The van der Waals surface area contributed by atoms with Crippen molar-refractivity contribution in [2.75, 3.05) is 0 Å². The Hall–Kier alpha value is -6.16. The Bertz CT molecular complexity index is 2450. The first-order valence-electron chi connectivity index (χ1n) is 18.0. The number of phenolic OH excluding ortho intramolecular Hbond substituents is 4. The summed E-state index contributed by atoms with van der Waals surface area (Å²) >= 11 is 0. The third-order valence-corrected chi connectivity index (χ3v) is 11.0. The van der Waals surface area contributed by atoms with Gasteiger partial charge in [-0.2, -0.15) is 0 Å². The summed E-state index contributed by atoms with van der Waals surface area (Å²) in [6.07, 6.45) is -2.50. The molecular formula is C47H38O8. The molecule has 1 heterocycles. The smallest absolute Gasteiger partial charge is 0.164 e. The molecule has 6 N–H and O–H groups in total. The molecule has 1 aliphatic rings. The first kappa shape index (κ1) is 34.6. The lowest BCUT2D eigenvalue weighted by molar-refractivity contribution is -0.172. The maximum absolute atomic E-state index is 13.7. The highest BCUT2D eigenvalue weighted by molar-refractivity contribution is 5.88. The summed E-state index contributed by atoms with van der Waals surface area (Å²) in [6, 6.07) is 42.0. The van der Waals surface area contributed by atoms with E-state index in [4.69, 9.17) is 9.47 Å². The van der Waals surface area contributed by atoms with Crippen molar-refractivity contribution in [1.82, 2.24) is 0 Å². The molecule has 274 valence electrons. The van der Waals surface area contributed by atoms with E-state index in [9.17, 15) is 30.6 Å². The van der Waals surface area contributed by atoms with Crippen LogP contribution in [0.1, 0.15) is 36.1 Å². The first-order chi connectivity index (χ1) is 26.3. The van der Waals surface area contributed by atoms with Gasteiger partial charge in [-0.1, -0.05) is 72.8 Å². The Morgan fingerprint density at radius 3 is 0.836 bits per heavy atom. The average molecular weight is 731 g/mol. The highest BCUT2D eigenvalue weighted by atomic mass is 16.8. The average Bonchev–Trinajstić information content (AvgIpc) is 3.52. The van der Waals surface area contributed by atoms with Crippen molar-refractivity contribution in [2.24, 2.45) is 0 Å². The maximum atomic E-state index is 13.7. The minimum Gasteiger partial charge on any atom is -0.508 e. The van der Waals surface area contributed by atoms with E-state index in [0.717, 1.165) is 43.1 Å². The van der Waals surface area contributed by atoms with Gasteiger partial charge in [-0.25, -0.2) is 0 Å². The Labute approximate surface area is 316 Å². The second-order valence-electron chi connectivity index (χ2n) is 15.0. The number of rotatable bonds is 6. The van der Waals surface area contributed by atoms with E-state index in [0.29, 0.717) is 22.3 Å². The standard InChI is InChI=1S/C47H38O8/c1-45(2)54-43(46(52,35-11-3-31-23-39(48)15-7-27(31)19-35)36-12-4-32-24-40(49)16-8-28(32)20-36)44(55-45)47(53,37-13-5-33-25-41(50)17-9-29(33)21-37)38-14-6-34-26-42(51)18-10-30(34)22-38/h3-26,43-44,48-53H,1-2H3/t43-,44-/m1/s1. The van der Waals surface area contributed by atoms with Gasteiger partial charge in [0.05, 0.1) is 0 Å². The molecule has 1 fully saturated rings. The fourth-order valence-corrected chi connectivity index (χ4v) is 8.24. The van der Waals surface area contributed by atoms with Gasteiger partial charge in [0.2, 0.25) is 0 Å². The van der Waals surface area contributed by atoms with E-state index in [-0.39, 0.29) is 23.0 Å². The van der Waals surface area contributed by atoms with Crippen LogP contribution in [0.5, 0.6) is 23.0 Å². The van der Waals surface area contributed by atoms with Crippen LogP contribution in [0, 0.1) is 0 Å². The SMILES string of the molecule is CC1(C)O[C@@H](C(O)(c2ccc3cc(O)ccc3c2)c2ccc3cc(O)ccc3c2)[C@H](C(O)(c2ccc3cc(O)ccc3c2)c2ccc3cc(O)ccc3c2)O1. The van der Waals surface area contributed by atoms with E-state index in [1.54, 1.807) is 111 Å². The Morgan fingerprint density at radius 1 is 0.364 bits per heavy atom. The van der Waals surface area contributed by atoms with Crippen molar-refractivity contribution in [3.63, 3.8) is 0 Å². The predicted octanol–water partition coefficient (Wildman–Crippen LogP) is 8.81. The van der Waals surface area contributed by atoms with Crippen LogP contribution in [-0.2, 0) is 20.7 Å². The van der Waals surface area contributed by atoms with E-state index >= 15 is 0 Å². The van der Waals surface area contributed by atoms with Gasteiger partial charge in [0.15, 0.2) is 5.79 Å². The molecule has 2 atom stereocenters. The number of phenols is 4. The molecule has 9 rings (SSSR count). The van der Waals surface area contributed by atoms with Crippen LogP contribution in [0.2, 0.25) is 0 Å². The van der Waals surface area contributed by atoms with E-state index in [1.165, 1.54) is 0 Å². The molecule has 8 aromatic carbocycles. The first-order valence-corrected chi connectivity index (χ1v) is 18.0. The van der Waals surface area contributed by atoms with Gasteiger partial charge in [-0.3, -0.25) is 0 Å². The number of fused-ring (bicyclic) bond motifs is 4. The van der Waals surface area contributed by atoms with Gasteiger partial charge < -0.3 is 40.1 Å².